The molecule has 3 rings (SSSR count). The van der Waals surface area contributed by atoms with Gasteiger partial charge in [-0.3, -0.25) is 4.79 Å². The van der Waals surface area contributed by atoms with Gasteiger partial charge in [0.2, 0.25) is 5.91 Å². The molecule has 3 saturated heterocycles. The molecule has 0 aliphatic carbocycles. The van der Waals surface area contributed by atoms with Crippen LogP contribution in [0.3, 0.4) is 0 Å². The van der Waals surface area contributed by atoms with Crippen molar-refractivity contribution < 1.29 is 89.4 Å². The zero-order chi connectivity index (χ0) is 67.5. The molecule has 12 N–H and O–H groups in total. The molecule has 3 fully saturated rings. The van der Waals surface area contributed by atoms with Crippen LogP contribution in [0.4, 0.5) is 0 Å². The standard InChI is InChI=1S/C74H137NO18/c1-3-5-7-9-11-13-15-17-19-21-23-25-26-27-28-29-30-32-33-35-37-39-41-43-45-47-49-51-58(79)57(75-62(80)52-50-48-46-44-42-40-38-36-34-31-24-22-20-18-16-14-12-10-8-6-4-2)56-88-72-68(86)65(83)70(60(54-77)90-72)93-74-69(87)66(84)71(61(55-78)91-74)92-73-67(85)64(82)63(81)59(53-76)89-73/h16,18,22,24,34,36,57-61,63-74,76-79,81-87H,3-15,17,19-21,23,25-33,35,37-56H2,1-2H3,(H,75,80)/b18-16-,24-22-,36-34-. The molecule has 0 saturated carbocycles. The number of aliphatic hydroxyl groups excluding tert-OH is 11. The molecule has 0 radical (unpaired) electrons. The van der Waals surface area contributed by atoms with Crippen LogP contribution in [0.15, 0.2) is 36.5 Å². The molecule has 19 nitrogen and oxygen atoms in total. The van der Waals surface area contributed by atoms with Crippen molar-refractivity contribution in [3.63, 3.8) is 0 Å². The maximum Gasteiger partial charge on any atom is 0.220 e. The summed E-state index contributed by atoms with van der Waals surface area (Å²) in [7, 11) is 0. The smallest absolute Gasteiger partial charge is 0.220 e. The first-order chi connectivity index (χ1) is 45.3. The van der Waals surface area contributed by atoms with Gasteiger partial charge in [-0.25, -0.2) is 0 Å². The predicted octanol–water partition coefficient (Wildman–Crippen LogP) is 11.2. The first-order valence-electron chi connectivity index (χ1n) is 37.7. The van der Waals surface area contributed by atoms with Gasteiger partial charge in [0.1, 0.15) is 73.2 Å². The van der Waals surface area contributed by atoms with E-state index >= 15 is 0 Å². The van der Waals surface area contributed by atoms with E-state index in [4.69, 9.17) is 28.4 Å². The van der Waals surface area contributed by atoms with Gasteiger partial charge in [0.15, 0.2) is 18.9 Å². The molecular formula is C74H137NO18. The zero-order valence-electron chi connectivity index (χ0n) is 58.0. The highest BCUT2D eigenvalue weighted by atomic mass is 16.8. The Hall–Kier alpha value is -1.99. The summed E-state index contributed by atoms with van der Waals surface area (Å²) in [4.78, 5) is 13.5. The van der Waals surface area contributed by atoms with Gasteiger partial charge in [0.25, 0.3) is 0 Å². The Morgan fingerprint density at radius 1 is 0.387 bits per heavy atom. The Balaban J connectivity index is 1.40. The van der Waals surface area contributed by atoms with Crippen LogP contribution in [0, 0.1) is 0 Å². The number of hydrogen-bond donors (Lipinski definition) is 12. The minimum atomic E-state index is -1.97. The minimum Gasteiger partial charge on any atom is -0.394 e. The Kier molecular flexibility index (Phi) is 51.2. The highest BCUT2D eigenvalue weighted by Crippen LogP contribution is 2.33. The molecule has 0 aromatic carbocycles. The molecule has 17 atom stereocenters. The van der Waals surface area contributed by atoms with Gasteiger partial charge in [-0.05, 0) is 51.4 Å². The number of nitrogens with one attached hydrogen (secondary N) is 1. The van der Waals surface area contributed by atoms with Crippen LogP contribution in [-0.2, 0) is 33.2 Å². The van der Waals surface area contributed by atoms with Gasteiger partial charge >= 0.3 is 0 Å². The molecule has 3 aliphatic heterocycles. The van der Waals surface area contributed by atoms with Crippen molar-refractivity contribution in [3.05, 3.63) is 36.5 Å². The summed E-state index contributed by atoms with van der Waals surface area (Å²) in [6, 6.07) is -0.896. The second kappa shape index (κ2) is 55.8. The lowest BCUT2D eigenvalue weighted by molar-refractivity contribution is -0.379. The molecule has 19 heteroatoms. The van der Waals surface area contributed by atoms with Crippen molar-refractivity contribution in [1.82, 2.24) is 5.32 Å². The topological polar surface area (TPSA) is 307 Å². The summed E-state index contributed by atoms with van der Waals surface area (Å²) in [5.41, 5.74) is 0. The minimum absolute atomic E-state index is 0.252. The third-order valence-electron chi connectivity index (χ3n) is 19.0. The summed E-state index contributed by atoms with van der Waals surface area (Å²) in [5, 5.41) is 121. The molecular weight excluding hydrogens is 1190 g/mol. The number of rotatable bonds is 59. The average Bonchev–Trinajstić information content (AvgIpc) is 1.48. The largest absolute Gasteiger partial charge is 0.394 e. The van der Waals surface area contributed by atoms with E-state index in [0.717, 1.165) is 77.0 Å². The highest BCUT2D eigenvalue weighted by molar-refractivity contribution is 5.76. The molecule has 546 valence electrons. The van der Waals surface area contributed by atoms with Gasteiger partial charge in [-0.15, -0.1) is 0 Å². The molecule has 0 aromatic rings. The number of aliphatic hydroxyl groups is 11. The highest BCUT2D eigenvalue weighted by Gasteiger charge is 2.53. The molecule has 0 aromatic heterocycles. The zero-order valence-corrected chi connectivity index (χ0v) is 58.0. The van der Waals surface area contributed by atoms with Crippen molar-refractivity contribution in [3.8, 4) is 0 Å². The number of amides is 1. The molecule has 17 unspecified atom stereocenters. The fraction of sp³-hybridized carbons (Fsp3) is 0.905. The van der Waals surface area contributed by atoms with Crippen LogP contribution >= 0.6 is 0 Å². The first-order valence-corrected chi connectivity index (χ1v) is 37.7. The lowest BCUT2D eigenvalue weighted by Crippen LogP contribution is -2.66. The van der Waals surface area contributed by atoms with Crippen LogP contribution in [0.2, 0.25) is 0 Å². The van der Waals surface area contributed by atoms with Crippen molar-refractivity contribution in [1.29, 1.82) is 0 Å². The third-order valence-corrected chi connectivity index (χ3v) is 19.0. The maximum absolute atomic E-state index is 13.5. The molecule has 93 heavy (non-hydrogen) atoms. The predicted molar refractivity (Wildman–Crippen MR) is 365 cm³/mol. The van der Waals surface area contributed by atoms with E-state index in [0.29, 0.717) is 12.8 Å². The summed E-state index contributed by atoms with van der Waals surface area (Å²) in [5.74, 6) is -0.252. The van der Waals surface area contributed by atoms with E-state index in [2.05, 4.69) is 55.6 Å². The van der Waals surface area contributed by atoms with E-state index in [-0.39, 0.29) is 18.9 Å². The second-order valence-corrected chi connectivity index (χ2v) is 27.1. The monoisotopic (exact) mass is 1330 g/mol. The van der Waals surface area contributed by atoms with Gasteiger partial charge in [0, 0.05) is 6.42 Å². The van der Waals surface area contributed by atoms with E-state index in [9.17, 15) is 61.0 Å². The Morgan fingerprint density at radius 3 is 1.11 bits per heavy atom. The molecule has 1 amide bonds. The van der Waals surface area contributed by atoms with Crippen LogP contribution < -0.4 is 5.32 Å². The summed E-state index contributed by atoms with van der Waals surface area (Å²) >= 11 is 0. The van der Waals surface area contributed by atoms with Gasteiger partial charge in [-0.2, -0.15) is 0 Å². The second-order valence-electron chi connectivity index (χ2n) is 27.1. The van der Waals surface area contributed by atoms with Crippen LogP contribution in [0.25, 0.3) is 0 Å². The lowest BCUT2D eigenvalue weighted by Gasteiger charge is -2.48. The summed E-state index contributed by atoms with van der Waals surface area (Å²) < 4.78 is 34.5. The Bertz CT molecular complexity index is 1830. The maximum atomic E-state index is 13.5. The van der Waals surface area contributed by atoms with E-state index in [1.165, 1.54) is 186 Å². The Labute approximate surface area is 561 Å². The van der Waals surface area contributed by atoms with Crippen LogP contribution in [0.1, 0.15) is 296 Å². The fourth-order valence-electron chi connectivity index (χ4n) is 12.9. The van der Waals surface area contributed by atoms with E-state index in [1.54, 1.807) is 0 Å². The third kappa shape index (κ3) is 37.1. The van der Waals surface area contributed by atoms with Gasteiger partial charge < -0.3 is 89.9 Å². The quantitative estimate of drug-likeness (QED) is 0.0199. The van der Waals surface area contributed by atoms with Crippen molar-refractivity contribution in [2.75, 3.05) is 26.4 Å². The number of hydrogen-bond acceptors (Lipinski definition) is 18. The summed E-state index contributed by atoms with van der Waals surface area (Å²) in [6.07, 6.45) is 39.4. The van der Waals surface area contributed by atoms with E-state index in [1.807, 2.05) is 0 Å². The van der Waals surface area contributed by atoms with Crippen LogP contribution in [0.5, 0.6) is 0 Å². The molecule has 0 bridgehead atoms. The normalized spacial score (nSPS) is 27.7. The average molecular weight is 1330 g/mol. The van der Waals surface area contributed by atoms with Gasteiger partial charge in [-0.1, -0.05) is 275 Å². The van der Waals surface area contributed by atoms with Crippen molar-refractivity contribution >= 4 is 5.91 Å². The first kappa shape index (κ1) is 85.2. The van der Waals surface area contributed by atoms with Crippen molar-refractivity contribution in [2.24, 2.45) is 0 Å². The van der Waals surface area contributed by atoms with E-state index < -0.39 is 124 Å². The number of carbonyl (C=O) groups excluding carboxylic acids is 1. The number of carbonyl (C=O) groups is 1. The number of ether oxygens (including phenoxy) is 6. The molecule has 3 aliphatic rings. The van der Waals surface area contributed by atoms with Gasteiger partial charge in [0.05, 0.1) is 38.6 Å². The summed E-state index contributed by atoms with van der Waals surface area (Å²) in [6.45, 7) is 1.81. The molecule has 3 heterocycles. The van der Waals surface area contributed by atoms with Crippen molar-refractivity contribution in [2.45, 2.75) is 401 Å². The lowest BCUT2D eigenvalue weighted by atomic mass is 9.96. The fourth-order valence-corrected chi connectivity index (χ4v) is 12.9. The SMILES string of the molecule is CCCCCCC/C=C\C/C=C\C/C=C\CCCCCCCCC(=O)NC(COC1OC(CO)C(OC2OC(CO)C(OC3OC(CO)C(O)C(O)C3O)C(O)C2O)C(O)C1O)C(O)CCCCCCCCCCCCCCCCCCCCCCCCCCCCC. The Morgan fingerprint density at radius 2 is 0.710 bits per heavy atom. The van der Waals surface area contributed by atoms with Crippen LogP contribution in [-0.4, -0.2) is 193 Å². The number of unbranched alkanes of at least 4 members (excludes halogenated alkanes) is 37. The molecule has 0 spiro atoms. The number of allylic oxidation sites excluding steroid dienone is 6.